The van der Waals surface area contributed by atoms with Gasteiger partial charge in [-0.15, -0.1) is 0 Å². The number of phenolic OH excluding ortho intramolecular Hbond substituents is 1. The van der Waals surface area contributed by atoms with Crippen molar-refractivity contribution in [2.45, 2.75) is 0 Å². The van der Waals surface area contributed by atoms with Crippen LogP contribution >= 0.6 is 0 Å². The van der Waals surface area contributed by atoms with Crippen LogP contribution in [0.3, 0.4) is 0 Å². The van der Waals surface area contributed by atoms with Gasteiger partial charge in [0.05, 0.1) is 6.61 Å². The van der Waals surface area contributed by atoms with Crippen LogP contribution in [0.5, 0.6) is 5.75 Å². The van der Waals surface area contributed by atoms with Crippen molar-refractivity contribution >= 4 is 11.9 Å². The van der Waals surface area contributed by atoms with Gasteiger partial charge in [-0.05, 0) is 12.1 Å². The van der Waals surface area contributed by atoms with Crippen LogP contribution < -0.4 is 0 Å². The molecular weight excluding hydrogens is 257 g/mol. The number of phenols is 1. The van der Waals surface area contributed by atoms with Crippen molar-refractivity contribution in [2.75, 3.05) is 26.8 Å². The van der Waals surface area contributed by atoms with Crippen LogP contribution in [0.15, 0.2) is 18.2 Å². The Morgan fingerprint density at radius 1 is 1.42 bits per heavy atom. The Bertz CT molecular complexity index is 457. The van der Waals surface area contributed by atoms with Gasteiger partial charge in [-0.2, -0.15) is 0 Å². The van der Waals surface area contributed by atoms with Gasteiger partial charge in [0.1, 0.15) is 23.7 Å². The number of carboxylic acid groups (broad SMARTS) is 1. The number of hydrogen-bond donors (Lipinski definition) is 2. The van der Waals surface area contributed by atoms with Crippen LogP contribution in [0.25, 0.3) is 0 Å². The van der Waals surface area contributed by atoms with E-state index in [0.29, 0.717) is 0 Å². The molecule has 0 aliphatic heterocycles. The summed E-state index contributed by atoms with van der Waals surface area (Å²) in [6.07, 6.45) is 0. The quantitative estimate of drug-likeness (QED) is 0.795. The minimum Gasteiger partial charge on any atom is -0.507 e. The van der Waals surface area contributed by atoms with Gasteiger partial charge >= 0.3 is 5.97 Å². The largest absolute Gasteiger partial charge is 0.507 e. The molecule has 1 amide bonds. The fourth-order valence-corrected chi connectivity index (χ4v) is 1.50. The van der Waals surface area contributed by atoms with Gasteiger partial charge in [0.25, 0.3) is 5.91 Å². The Kier molecular flexibility index (Phi) is 5.25. The summed E-state index contributed by atoms with van der Waals surface area (Å²) >= 11 is 0. The summed E-state index contributed by atoms with van der Waals surface area (Å²) in [7, 11) is 1.39. The van der Waals surface area contributed by atoms with Gasteiger partial charge in [0.15, 0.2) is 0 Å². The zero-order chi connectivity index (χ0) is 14.4. The lowest BCUT2D eigenvalue weighted by Gasteiger charge is -2.21. The second-order valence-electron chi connectivity index (χ2n) is 3.75. The maximum atomic E-state index is 13.5. The van der Waals surface area contributed by atoms with Gasteiger partial charge in [-0.3, -0.25) is 9.59 Å². The number of ether oxygens (including phenoxy) is 1. The van der Waals surface area contributed by atoms with Crippen molar-refractivity contribution in [1.82, 2.24) is 4.90 Å². The fraction of sp³-hybridized carbons (Fsp3) is 0.333. The molecule has 2 N–H and O–H groups in total. The first-order valence-corrected chi connectivity index (χ1v) is 5.45. The molecule has 19 heavy (non-hydrogen) atoms. The van der Waals surface area contributed by atoms with Gasteiger partial charge in [-0.25, -0.2) is 4.39 Å². The normalized spacial score (nSPS) is 10.2. The molecule has 0 unspecified atom stereocenters. The van der Waals surface area contributed by atoms with E-state index in [2.05, 4.69) is 0 Å². The van der Waals surface area contributed by atoms with E-state index in [0.717, 1.165) is 17.0 Å². The third-order valence-corrected chi connectivity index (χ3v) is 2.38. The second kappa shape index (κ2) is 6.69. The SMILES string of the molecule is COCCN(CC(=O)O)C(=O)c1c(O)cccc1F. The number of methoxy groups -OCH3 is 1. The molecule has 0 fully saturated rings. The number of rotatable bonds is 6. The molecule has 1 aromatic rings. The van der Waals surface area contributed by atoms with Crippen LogP contribution in [0.4, 0.5) is 4.39 Å². The fourth-order valence-electron chi connectivity index (χ4n) is 1.50. The van der Waals surface area contributed by atoms with Gasteiger partial charge < -0.3 is 19.8 Å². The zero-order valence-corrected chi connectivity index (χ0v) is 10.3. The van der Waals surface area contributed by atoms with Crippen LogP contribution in [-0.2, 0) is 9.53 Å². The first-order valence-electron chi connectivity index (χ1n) is 5.45. The van der Waals surface area contributed by atoms with Crippen molar-refractivity contribution in [3.8, 4) is 5.75 Å². The van der Waals surface area contributed by atoms with Crippen LogP contribution in [0.2, 0.25) is 0 Å². The molecule has 6 nitrogen and oxygen atoms in total. The highest BCUT2D eigenvalue weighted by Gasteiger charge is 2.24. The molecule has 1 rings (SSSR count). The van der Waals surface area contributed by atoms with E-state index < -0.39 is 35.6 Å². The second-order valence-corrected chi connectivity index (χ2v) is 3.75. The number of nitrogens with zero attached hydrogens (tertiary/aromatic N) is 1. The standard InChI is InChI=1S/C12H14FNO5/c1-19-6-5-14(7-10(16)17)12(18)11-8(13)3-2-4-9(11)15/h2-4,15H,5-7H2,1H3,(H,16,17). The summed E-state index contributed by atoms with van der Waals surface area (Å²) < 4.78 is 18.3. The zero-order valence-electron chi connectivity index (χ0n) is 10.3. The van der Waals surface area contributed by atoms with E-state index in [1.807, 2.05) is 0 Å². The minimum absolute atomic E-state index is 0.0184. The Morgan fingerprint density at radius 2 is 2.11 bits per heavy atom. The predicted molar refractivity (Wildman–Crippen MR) is 63.5 cm³/mol. The van der Waals surface area contributed by atoms with E-state index in [1.165, 1.54) is 13.2 Å². The summed E-state index contributed by atoms with van der Waals surface area (Å²) in [5.41, 5.74) is -0.542. The summed E-state index contributed by atoms with van der Waals surface area (Å²) in [5, 5.41) is 18.2. The van der Waals surface area contributed by atoms with Gasteiger partial charge in [0, 0.05) is 13.7 Å². The number of carbonyl (C=O) groups is 2. The highest BCUT2D eigenvalue weighted by atomic mass is 19.1. The molecule has 1 aromatic carbocycles. The van der Waals surface area contributed by atoms with E-state index in [-0.39, 0.29) is 13.2 Å². The third-order valence-electron chi connectivity index (χ3n) is 2.38. The molecule has 0 aliphatic carbocycles. The molecule has 7 heteroatoms. The van der Waals surface area contributed by atoms with Gasteiger partial charge in [-0.1, -0.05) is 6.07 Å². The van der Waals surface area contributed by atoms with Crippen molar-refractivity contribution in [3.05, 3.63) is 29.6 Å². The smallest absolute Gasteiger partial charge is 0.323 e. The monoisotopic (exact) mass is 271 g/mol. The van der Waals surface area contributed by atoms with Gasteiger partial charge in [0.2, 0.25) is 0 Å². The molecule has 0 heterocycles. The first kappa shape index (κ1) is 14.9. The Morgan fingerprint density at radius 3 is 2.63 bits per heavy atom. The van der Waals surface area contributed by atoms with Crippen molar-refractivity contribution in [2.24, 2.45) is 0 Å². The molecule has 0 saturated heterocycles. The van der Waals surface area contributed by atoms with E-state index in [9.17, 15) is 19.1 Å². The number of aliphatic carboxylic acids is 1. The highest BCUT2D eigenvalue weighted by molar-refractivity contribution is 5.98. The van der Waals surface area contributed by atoms with E-state index in [4.69, 9.17) is 9.84 Å². The average molecular weight is 271 g/mol. The van der Waals surface area contributed by atoms with E-state index in [1.54, 1.807) is 0 Å². The summed E-state index contributed by atoms with van der Waals surface area (Å²) in [6.45, 7) is -0.514. The topological polar surface area (TPSA) is 87.1 Å². The van der Waals surface area contributed by atoms with Crippen LogP contribution in [0, 0.1) is 5.82 Å². The molecule has 104 valence electrons. The Balaban J connectivity index is 3.01. The lowest BCUT2D eigenvalue weighted by molar-refractivity contribution is -0.137. The molecule has 0 spiro atoms. The summed E-state index contributed by atoms with van der Waals surface area (Å²) in [5.74, 6) is -3.56. The van der Waals surface area contributed by atoms with Crippen molar-refractivity contribution < 1.29 is 28.9 Å². The lowest BCUT2D eigenvalue weighted by atomic mass is 10.1. The minimum atomic E-state index is -1.24. The lowest BCUT2D eigenvalue weighted by Crippen LogP contribution is -2.38. The molecular formula is C12H14FNO5. The molecule has 0 atom stereocenters. The number of hydrogen-bond acceptors (Lipinski definition) is 4. The third kappa shape index (κ3) is 3.92. The number of aromatic hydroxyl groups is 1. The predicted octanol–water partition coefficient (Wildman–Crippen LogP) is 0.704. The molecule has 0 bridgehead atoms. The van der Waals surface area contributed by atoms with Crippen LogP contribution in [0.1, 0.15) is 10.4 Å². The summed E-state index contributed by atoms with van der Waals surface area (Å²) in [4.78, 5) is 23.6. The number of benzene rings is 1. The maximum absolute atomic E-state index is 13.5. The number of halogens is 1. The molecule has 0 saturated carbocycles. The Labute approximate surface area is 109 Å². The number of carboxylic acids is 1. The molecule has 0 aromatic heterocycles. The van der Waals surface area contributed by atoms with Crippen molar-refractivity contribution in [3.63, 3.8) is 0 Å². The first-order chi connectivity index (χ1) is 8.97. The Hall–Kier alpha value is -2.15. The van der Waals surface area contributed by atoms with Crippen LogP contribution in [-0.4, -0.2) is 53.8 Å². The molecule has 0 aliphatic rings. The van der Waals surface area contributed by atoms with E-state index >= 15 is 0 Å². The van der Waals surface area contributed by atoms with Crippen molar-refractivity contribution in [1.29, 1.82) is 0 Å². The number of carbonyl (C=O) groups excluding carboxylic acids is 1. The summed E-state index contributed by atoms with van der Waals surface area (Å²) in [6, 6.07) is 3.42. The highest BCUT2D eigenvalue weighted by Crippen LogP contribution is 2.21. The molecule has 0 radical (unpaired) electrons. The number of amides is 1. The maximum Gasteiger partial charge on any atom is 0.323 e. The average Bonchev–Trinajstić information content (AvgIpc) is 2.33.